The van der Waals surface area contributed by atoms with Gasteiger partial charge in [-0.2, -0.15) is 0 Å². The summed E-state index contributed by atoms with van der Waals surface area (Å²) in [6.07, 6.45) is -15.5. The maximum absolute atomic E-state index is 11.0. The van der Waals surface area contributed by atoms with E-state index >= 15 is 0 Å². The Labute approximate surface area is 130 Å². The molecule has 1 aliphatic rings. The molecule has 11 nitrogen and oxygen atoms in total. The molecule has 23 heavy (non-hydrogen) atoms. The van der Waals surface area contributed by atoms with Crippen LogP contribution in [0.1, 0.15) is 0 Å². The van der Waals surface area contributed by atoms with Crippen LogP contribution in [-0.2, 0) is 14.3 Å². The predicted molar refractivity (Wildman–Crippen MR) is 69.8 cm³/mol. The first-order valence-corrected chi connectivity index (χ1v) is 6.84. The fraction of sp³-hybridized carbons (Fsp3) is 0.917. The Hall–Kier alpha value is -0.730. The van der Waals surface area contributed by atoms with Gasteiger partial charge in [0, 0.05) is 0 Å². The Kier molecular flexibility index (Phi) is 7.89. The number of carbonyl (C=O) groups excluding carboxylic acids is 1. The number of aliphatic hydroxyl groups excluding tert-OH is 8. The van der Waals surface area contributed by atoms with E-state index in [-0.39, 0.29) is 6.29 Å². The van der Waals surface area contributed by atoms with Crippen molar-refractivity contribution in [3.63, 3.8) is 0 Å². The largest absolute Gasteiger partial charge is 0.394 e. The van der Waals surface area contributed by atoms with Crippen LogP contribution in [0, 0.1) is 0 Å². The van der Waals surface area contributed by atoms with Crippen LogP contribution in [-0.4, -0.2) is 115 Å². The molecule has 0 amide bonds. The quantitative estimate of drug-likeness (QED) is 0.196. The van der Waals surface area contributed by atoms with E-state index in [2.05, 4.69) is 0 Å². The second-order valence-electron chi connectivity index (χ2n) is 5.17. The fourth-order valence-corrected chi connectivity index (χ4v) is 2.06. The van der Waals surface area contributed by atoms with Gasteiger partial charge in [0.2, 0.25) is 0 Å². The van der Waals surface area contributed by atoms with Gasteiger partial charge in [-0.3, -0.25) is 0 Å². The smallest absolute Gasteiger partial charge is 0.187 e. The van der Waals surface area contributed by atoms with E-state index in [1.807, 2.05) is 0 Å². The summed E-state index contributed by atoms with van der Waals surface area (Å²) in [5.74, 6) is 0. The summed E-state index contributed by atoms with van der Waals surface area (Å²) < 4.78 is 9.94. The zero-order valence-corrected chi connectivity index (χ0v) is 12.0. The van der Waals surface area contributed by atoms with Crippen LogP contribution in [0.15, 0.2) is 0 Å². The maximum atomic E-state index is 11.0. The Morgan fingerprint density at radius 3 is 2.09 bits per heavy atom. The van der Waals surface area contributed by atoms with E-state index in [4.69, 9.17) is 19.7 Å². The molecule has 1 aliphatic heterocycles. The minimum absolute atomic E-state index is 0.0550. The number of aldehydes is 1. The second-order valence-corrected chi connectivity index (χ2v) is 5.17. The number of rotatable bonds is 8. The van der Waals surface area contributed by atoms with Crippen LogP contribution in [0.3, 0.4) is 0 Å². The van der Waals surface area contributed by atoms with Gasteiger partial charge in [-0.25, -0.2) is 0 Å². The van der Waals surface area contributed by atoms with Crippen molar-refractivity contribution in [2.24, 2.45) is 0 Å². The molecule has 0 spiro atoms. The third-order valence-electron chi connectivity index (χ3n) is 3.54. The highest BCUT2D eigenvalue weighted by Gasteiger charge is 2.46. The zero-order valence-electron chi connectivity index (χ0n) is 12.0. The molecule has 1 heterocycles. The predicted octanol–water partition coefficient (Wildman–Crippen LogP) is -5.55. The first-order chi connectivity index (χ1) is 10.8. The lowest BCUT2D eigenvalue weighted by Crippen LogP contribution is -2.60. The average molecular weight is 342 g/mol. The first kappa shape index (κ1) is 20.3. The third kappa shape index (κ3) is 4.64. The molecule has 136 valence electrons. The number of aliphatic hydroxyl groups is 8. The molecule has 0 aromatic rings. The van der Waals surface area contributed by atoms with Crippen LogP contribution in [0.25, 0.3) is 0 Å². The molecular formula is C12H22O11. The standard InChI is InChI=1S/C12H22O11/c13-1-4(16)7(17)8(18)5(2-14)22-12-11(21)10(20)9(19)6(3-15)23-12/h2,4-13,15-21H,1,3H2/t4?,5?,6-,7?,8?,9-,10+,11-,12-/m1/s1. The molecule has 0 aromatic carbocycles. The van der Waals surface area contributed by atoms with Crippen molar-refractivity contribution >= 4 is 6.29 Å². The Balaban J connectivity index is 2.79. The van der Waals surface area contributed by atoms with Crippen molar-refractivity contribution in [2.75, 3.05) is 13.2 Å². The van der Waals surface area contributed by atoms with Gasteiger partial charge in [-0.05, 0) is 0 Å². The molecular weight excluding hydrogens is 320 g/mol. The lowest BCUT2D eigenvalue weighted by Gasteiger charge is -2.41. The van der Waals surface area contributed by atoms with E-state index in [1.54, 1.807) is 0 Å². The van der Waals surface area contributed by atoms with Crippen LogP contribution in [0.2, 0.25) is 0 Å². The van der Waals surface area contributed by atoms with Crippen molar-refractivity contribution in [3.8, 4) is 0 Å². The lowest BCUT2D eigenvalue weighted by atomic mass is 9.99. The molecule has 9 atom stereocenters. The summed E-state index contributed by atoms with van der Waals surface area (Å²) in [6.45, 7) is -1.60. The highest BCUT2D eigenvalue weighted by Crippen LogP contribution is 2.23. The molecule has 0 bridgehead atoms. The Morgan fingerprint density at radius 2 is 1.61 bits per heavy atom. The first-order valence-electron chi connectivity index (χ1n) is 6.84. The molecule has 11 heteroatoms. The van der Waals surface area contributed by atoms with Gasteiger partial charge in [0.15, 0.2) is 12.6 Å². The summed E-state index contributed by atoms with van der Waals surface area (Å²) in [6, 6.07) is 0. The van der Waals surface area contributed by atoms with Gasteiger partial charge in [0.1, 0.15) is 48.8 Å². The average Bonchev–Trinajstić information content (AvgIpc) is 2.57. The summed E-state index contributed by atoms with van der Waals surface area (Å²) in [4.78, 5) is 11.0. The topological polar surface area (TPSA) is 197 Å². The van der Waals surface area contributed by atoms with Gasteiger partial charge in [0.25, 0.3) is 0 Å². The normalized spacial score (nSPS) is 37.0. The SMILES string of the molecule is O=CC(O[C@@H]1O[C@H](CO)[C@@H](O)[C@H](O)[C@H]1O)C(O)C(O)C(O)CO. The van der Waals surface area contributed by atoms with Crippen molar-refractivity contribution < 1.29 is 55.1 Å². The van der Waals surface area contributed by atoms with E-state index in [0.29, 0.717) is 0 Å². The van der Waals surface area contributed by atoms with Gasteiger partial charge in [-0.15, -0.1) is 0 Å². The van der Waals surface area contributed by atoms with Crippen molar-refractivity contribution in [1.82, 2.24) is 0 Å². The van der Waals surface area contributed by atoms with Crippen LogP contribution in [0.5, 0.6) is 0 Å². The number of hydrogen-bond donors (Lipinski definition) is 8. The highest BCUT2D eigenvalue weighted by molar-refractivity contribution is 5.57. The molecule has 1 saturated heterocycles. The van der Waals surface area contributed by atoms with Crippen LogP contribution >= 0.6 is 0 Å². The summed E-state index contributed by atoms with van der Waals surface area (Å²) in [7, 11) is 0. The van der Waals surface area contributed by atoms with Gasteiger partial charge >= 0.3 is 0 Å². The number of hydrogen-bond acceptors (Lipinski definition) is 11. The molecule has 0 aromatic heterocycles. The molecule has 0 aliphatic carbocycles. The molecule has 1 rings (SSSR count). The fourth-order valence-electron chi connectivity index (χ4n) is 2.06. The van der Waals surface area contributed by atoms with Crippen molar-refractivity contribution in [3.05, 3.63) is 0 Å². The van der Waals surface area contributed by atoms with E-state index in [9.17, 15) is 35.4 Å². The second kappa shape index (κ2) is 8.94. The van der Waals surface area contributed by atoms with Gasteiger partial charge in [-0.1, -0.05) is 0 Å². The molecule has 0 radical (unpaired) electrons. The van der Waals surface area contributed by atoms with Crippen LogP contribution < -0.4 is 0 Å². The highest BCUT2D eigenvalue weighted by atomic mass is 16.7. The van der Waals surface area contributed by atoms with Crippen LogP contribution in [0.4, 0.5) is 0 Å². The lowest BCUT2D eigenvalue weighted by molar-refractivity contribution is -0.315. The molecule has 4 unspecified atom stereocenters. The van der Waals surface area contributed by atoms with E-state index < -0.39 is 68.3 Å². The zero-order chi connectivity index (χ0) is 17.7. The number of carbonyl (C=O) groups is 1. The minimum Gasteiger partial charge on any atom is -0.394 e. The van der Waals surface area contributed by atoms with Gasteiger partial charge < -0.3 is 55.1 Å². The van der Waals surface area contributed by atoms with E-state index in [0.717, 1.165) is 0 Å². The minimum atomic E-state index is -1.97. The van der Waals surface area contributed by atoms with E-state index in [1.165, 1.54) is 0 Å². The molecule has 8 N–H and O–H groups in total. The number of ether oxygens (including phenoxy) is 2. The maximum Gasteiger partial charge on any atom is 0.187 e. The monoisotopic (exact) mass is 342 g/mol. The van der Waals surface area contributed by atoms with Gasteiger partial charge in [0.05, 0.1) is 13.2 Å². The molecule has 1 fully saturated rings. The summed E-state index contributed by atoms with van der Waals surface area (Å²) in [5.41, 5.74) is 0. The Bertz CT molecular complexity index is 365. The van der Waals surface area contributed by atoms with Crippen molar-refractivity contribution in [1.29, 1.82) is 0 Å². The molecule has 0 saturated carbocycles. The Morgan fingerprint density at radius 1 is 1.00 bits per heavy atom. The summed E-state index contributed by atoms with van der Waals surface area (Å²) >= 11 is 0. The van der Waals surface area contributed by atoms with Crippen molar-refractivity contribution in [2.45, 2.75) is 55.1 Å². The summed E-state index contributed by atoms with van der Waals surface area (Å²) in [5, 5.41) is 75.2. The third-order valence-corrected chi connectivity index (χ3v) is 3.54.